The fraction of sp³-hybridized carbons (Fsp3) is 0.136. The second kappa shape index (κ2) is 9.37. The maximum atomic E-state index is 13.7. The Hall–Kier alpha value is -4.55. The van der Waals surface area contributed by atoms with E-state index in [2.05, 4.69) is 35.2 Å². The summed E-state index contributed by atoms with van der Waals surface area (Å²) in [5.41, 5.74) is 6.44. The molecule has 0 radical (unpaired) electrons. The highest BCUT2D eigenvalue weighted by molar-refractivity contribution is 5.83. The van der Waals surface area contributed by atoms with Gasteiger partial charge in [0.1, 0.15) is 23.5 Å². The Morgan fingerprint density at radius 3 is 2.49 bits per heavy atom. The molecular formula is C22H18F4N8O. The fourth-order valence-corrected chi connectivity index (χ4v) is 3.29. The second-order valence-electron chi connectivity index (χ2n) is 7.41. The Kier molecular flexibility index (Phi) is 6.32. The van der Waals surface area contributed by atoms with Crippen LogP contribution in [0.1, 0.15) is 17.4 Å². The first-order valence-electron chi connectivity index (χ1n) is 10.1. The number of hydrogen-bond acceptors (Lipinski definition) is 7. The molecule has 0 aliphatic rings. The molecule has 1 unspecified atom stereocenters. The minimum Gasteiger partial charge on any atom is -0.399 e. The smallest absolute Gasteiger partial charge is 0.399 e. The number of aromatic amines is 2. The number of hydrogen-bond donors (Lipinski definition) is 4. The van der Waals surface area contributed by atoms with E-state index in [4.69, 9.17) is 5.73 Å². The first-order valence-corrected chi connectivity index (χ1v) is 10.1. The van der Waals surface area contributed by atoms with E-state index in [-0.39, 0.29) is 33.7 Å². The number of nitrogens with two attached hydrogens (primary N) is 1. The third-order valence-corrected chi connectivity index (χ3v) is 4.94. The zero-order chi connectivity index (χ0) is 25.2. The van der Waals surface area contributed by atoms with Crippen LogP contribution < -0.4 is 16.6 Å². The van der Waals surface area contributed by atoms with E-state index >= 15 is 0 Å². The molecule has 0 saturated carbocycles. The minimum atomic E-state index is -4.75. The molecule has 5 rings (SSSR count). The van der Waals surface area contributed by atoms with Gasteiger partial charge in [-0.05, 0) is 42.8 Å². The number of aromatic nitrogens is 6. The highest BCUT2D eigenvalue weighted by Crippen LogP contribution is 2.34. The van der Waals surface area contributed by atoms with Crippen molar-refractivity contribution in [3.63, 3.8) is 0 Å². The number of H-pyrrole nitrogens is 2. The number of alkyl halides is 3. The van der Waals surface area contributed by atoms with Crippen molar-refractivity contribution >= 4 is 33.6 Å². The van der Waals surface area contributed by atoms with Crippen LogP contribution in [-0.2, 0) is 0 Å². The van der Waals surface area contributed by atoms with E-state index in [0.717, 1.165) is 6.33 Å². The second-order valence-corrected chi connectivity index (χ2v) is 7.41. The van der Waals surface area contributed by atoms with Gasteiger partial charge in [-0.2, -0.15) is 13.2 Å². The van der Waals surface area contributed by atoms with Crippen LogP contribution in [0, 0.1) is 12.7 Å². The normalized spacial score (nSPS) is 12.3. The molecule has 0 saturated heterocycles. The quantitative estimate of drug-likeness (QED) is 0.223. The van der Waals surface area contributed by atoms with Crippen molar-refractivity contribution in [1.29, 1.82) is 0 Å². The molecule has 1 atom stereocenters. The van der Waals surface area contributed by atoms with E-state index in [1.54, 1.807) is 19.1 Å². The van der Waals surface area contributed by atoms with Crippen LogP contribution in [0.3, 0.4) is 0 Å². The molecule has 5 aromatic rings. The number of anilines is 2. The lowest BCUT2D eigenvalue weighted by Gasteiger charge is -2.21. The van der Waals surface area contributed by atoms with Crippen LogP contribution in [0.5, 0.6) is 0 Å². The lowest BCUT2D eigenvalue weighted by Crippen LogP contribution is -2.32. The van der Waals surface area contributed by atoms with Gasteiger partial charge in [-0.3, -0.25) is 4.79 Å². The molecular weight excluding hydrogens is 468 g/mol. The van der Waals surface area contributed by atoms with Crippen LogP contribution in [-0.4, -0.2) is 36.1 Å². The summed E-state index contributed by atoms with van der Waals surface area (Å²) in [4.78, 5) is 32.9. The average Bonchev–Trinajstić information content (AvgIpc) is 3.28. The standard InChI is InChI=1S/C16H12F3N7O.C6H6FN/c1-7-3-2-4-8-9(7)15(27)26-14(24-8)11(16(17,18)19)25-13-10-12(21-5-20-10)22-6-23-13;7-5-1-3-6(8)4-2-5/h2-6,11H,1H3,(H,24,26,27)(H2,20,21,22,23,25);1-4H,8H2. The van der Waals surface area contributed by atoms with Crippen molar-refractivity contribution in [2.24, 2.45) is 0 Å². The van der Waals surface area contributed by atoms with Gasteiger partial charge in [0.15, 0.2) is 17.5 Å². The van der Waals surface area contributed by atoms with Crippen molar-refractivity contribution in [1.82, 2.24) is 29.9 Å². The zero-order valence-corrected chi connectivity index (χ0v) is 18.1. The number of nitrogens with zero attached hydrogens (tertiary/aromatic N) is 4. The number of fused-ring (bicyclic) bond motifs is 2. The third-order valence-electron chi connectivity index (χ3n) is 4.94. The Bertz CT molecular complexity index is 1510. The Balaban J connectivity index is 0.000000308. The molecule has 0 spiro atoms. The van der Waals surface area contributed by atoms with Gasteiger partial charge in [0.05, 0.1) is 17.2 Å². The predicted octanol–water partition coefficient (Wildman–Crippen LogP) is 4.02. The SMILES string of the molecule is Cc1cccc2nc(C(Nc3ncnc4nc[nH]c34)C(F)(F)F)[nH]c(=O)c12.Nc1ccc(F)cc1. The first-order chi connectivity index (χ1) is 16.6. The number of halogens is 4. The van der Waals surface area contributed by atoms with Crippen LogP contribution >= 0.6 is 0 Å². The van der Waals surface area contributed by atoms with E-state index in [1.165, 1.54) is 36.7 Å². The van der Waals surface area contributed by atoms with E-state index in [9.17, 15) is 22.4 Å². The molecule has 0 bridgehead atoms. The van der Waals surface area contributed by atoms with Crippen molar-refractivity contribution in [2.45, 2.75) is 19.1 Å². The summed E-state index contributed by atoms with van der Waals surface area (Å²) in [7, 11) is 0. The van der Waals surface area contributed by atoms with Crippen LogP contribution in [0.25, 0.3) is 22.1 Å². The average molecular weight is 486 g/mol. The number of nitrogen functional groups attached to an aromatic ring is 1. The maximum absolute atomic E-state index is 13.7. The summed E-state index contributed by atoms with van der Waals surface area (Å²) in [6, 6.07) is 8.23. The Morgan fingerprint density at radius 2 is 1.80 bits per heavy atom. The molecule has 0 fully saturated rings. The Morgan fingerprint density at radius 1 is 1.06 bits per heavy atom. The highest BCUT2D eigenvalue weighted by Gasteiger charge is 2.43. The molecule has 3 heterocycles. The topological polar surface area (TPSA) is 138 Å². The van der Waals surface area contributed by atoms with Crippen LogP contribution in [0.15, 0.2) is 59.9 Å². The summed E-state index contributed by atoms with van der Waals surface area (Å²) in [5.74, 6) is -0.914. The predicted molar refractivity (Wildman–Crippen MR) is 122 cm³/mol. The maximum Gasteiger partial charge on any atom is 0.415 e. The molecule has 9 nitrogen and oxygen atoms in total. The van der Waals surface area contributed by atoms with Crippen molar-refractivity contribution in [3.05, 3.63) is 82.7 Å². The molecule has 13 heteroatoms. The zero-order valence-electron chi connectivity index (χ0n) is 18.1. The van der Waals surface area contributed by atoms with Crippen molar-refractivity contribution in [3.8, 4) is 0 Å². The minimum absolute atomic E-state index is 0.105. The number of rotatable bonds is 3. The van der Waals surface area contributed by atoms with Crippen molar-refractivity contribution in [2.75, 3.05) is 11.1 Å². The number of nitrogens with one attached hydrogen (secondary N) is 3. The number of benzene rings is 2. The Labute approximate surface area is 194 Å². The molecule has 0 aliphatic heterocycles. The molecule has 2 aromatic carbocycles. The lowest BCUT2D eigenvalue weighted by atomic mass is 10.1. The van der Waals surface area contributed by atoms with Crippen LogP contribution in [0.2, 0.25) is 0 Å². The molecule has 0 amide bonds. The summed E-state index contributed by atoms with van der Waals surface area (Å²) in [5, 5.41) is 2.54. The van der Waals surface area contributed by atoms with E-state index in [1.807, 2.05) is 0 Å². The number of imidazole rings is 1. The first kappa shape index (κ1) is 23.6. The molecule has 3 aromatic heterocycles. The largest absolute Gasteiger partial charge is 0.415 e. The fourth-order valence-electron chi connectivity index (χ4n) is 3.29. The molecule has 0 aliphatic carbocycles. The molecule has 180 valence electrons. The lowest BCUT2D eigenvalue weighted by molar-refractivity contribution is -0.145. The summed E-state index contributed by atoms with van der Waals surface area (Å²) in [6.07, 6.45) is -2.35. The molecule has 5 N–H and O–H groups in total. The van der Waals surface area contributed by atoms with Crippen LogP contribution in [0.4, 0.5) is 29.1 Å². The van der Waals surface area contributed by atoms with Gasteiger partial charge >= 0.3 is 6.18 Å². The van der Waals surface area contributed by atoms with Gasteiger partial charge in [0.25, 0.3) is 5.56 Å². The summed E-state index contributed by atoms with van der Waals surface area (Å²) in [6.45, 7) is 1.69. The van der Waals surface area contributed by atoms with Gasteiger partial charge in [-0.25, -0.2) is 24.3 Å². The van der Waals surface area contributed by atoms with Gasteiger partial charge in [-0.1, -0.05) is 12.1 Å². The van der Waals surface area contributed by atoms with E-state index in [0.29, 0.717) is 11.3 Å². The van der Waals surface area contributed by atoms with Gasteiger partial charge in [-0.15, -0.1) is 0 Å². The molecule has 35 heavy (non-hydrogen) atoms. The van der Waals surface area contributed by atoms with Gasteiger partial charge in [0.2, 0.25) is 0 Å². The van der Waals surface area contributed by atoms with Gasteiger partial charge < -0.3 is 21.0 Å². The van der Waals surface area contributed by atoms with Gasteiger partial charge in [0, 0.05) is 5.69 Å². The van der Waals surface area contributed by atoms with E-state index < -0.39 is 23.6 Å². The summed E-state index contributed by atoms with van der Waals surface area (Å²) >= 11 is 0. The van der Waals surface area contributed by atoms with Crippen molar-refractivity contribution < 1.29 is 17.6 Å². The highest BCUT2D eigenvalue weighted by atomic mass is 19.4. The monoisotopic (exact) mass is 486 g/mol. The third kappa shape index (κ3) is 5.18. The summed E-state index contributed by atoms with van der Waals surface area (Å²) < 4.78 is 53.2. The number of aryl methyl sites for hydroxylation is 1.